The average Bonchev–Trinajstić information content (AvgIpc) is 2.66. The van der Waals surface area contributed by atoms with E-state index in [1.54, 1.807) is 7.11 Å². The Hall–Kier alpha value is -0.520. The Bertz CT molecular complexity index is 440. The molecule has 0 aromatic heterocycles. The summed E-state index contributed by atoms with van der Waals surface area (Å²) in [4.78, 5) is -0.873. The highest BCUT2D eigenvalue weighted by Crippen LogP contribution is 2.66. The quantitative estimate of drug-likeness (QED) is 0.529. The van der Waals surface area contributed by atoms with Gasteiger partial charge in [-0.2, -0.15) is 5.26 Å². The molecule has 0 heterocycles. The lowest BCUT2D eigenvalue weighted by molar-refractivity contribution is -0.0621. The highest BCUT2D eigenvalue weighted by atomic mass is 35.5. The maximum Gasteiger partial charge on any atom is 0.164 e. The lowest BCUT2D eigenvalue weighted by atomic mass is 9.53. The summed E-state index contributed by atoms with van der Waals surface area (Å²) in [5.74, 6) is 0.649. The molecule has 2 bridgehead atoms. The molecule has 2 saturated carbocycles. The van der Waals surface area contributed by atoms with E-state index in [1.807, 2.05) is 0 Å². The minimum Gasteiger partial charge on any atom is -0.371 e. The van der Waals surface area contributed by atoms with Crippen LogP contribution in [-0.2, 0) is 4.74 Å². The van der Waals surface area contributed by atoms with Crippen LogP contribution < -0.4 is 0 Å². The molecule has 92 valence electrons. The number of nitriles is 1. The predicted molar refractivity (Wildman–Crippen MR) is 66.7 cm³/mol. The largest absolute Gasteiger partial charge is 0.371 e. The molecule has 2 nitrogen and oxygen atoms in total. The van der Waals surface area contributed by atoms with Gasteiger partial charge in [-0.05, 0) is 43.4 Å². The maximum atomic E-state index is 9.48. The summed E-state index contributed by atoms with van der Waals surface area (Å²) < 4.78 is 5.68. The average molecular weight is 252 g/mol. The van der Waals surface area contributed by atoms with Gasteiger partial charge in [0, 0.05) is 7.11 Å². The number of hydrogen-bond acceptors (Lipinski definition) is 2. The Balaban J connectivity index is 2.18. The molecule has 0 aromatic rings. The number of ether oxygens (including phenoxy) is 1. The zero-order valence-corrected chi connectivity index (χ0v) is 11.2. The van der Waals surface area contributed by atoms with Gasteiger partial charge in [0.25, 0.3) is 0 Å². The SMILES string of the molecule is CO[C@]12C=C3CCC(C)[C@@]3(CC1)CC2(Cl)C#N. The first-order valence-corrected chi connectivity index (χ1v) is 6.77. The van der Waals surface area contributed by atoms with Crippen LogP contribution in [-0.4, -0.2) is 17.6 Å². The molecule has 1 spiro atoms. The van der Waals surface area contributed by atoms with Gasteiger partial charge in [-0.25, -0.2) is 0 Å². The summed E-state index contributed by atoms with van der Waals surface area (Å²) in [6.07, 6.45) is 7.35. The third-order valence-corrected chi connectivity index (χ3v) is 6.09. The molecule has 4 atom stereocenters. The fraction of sp³-hybridized carbons (Fsp3) is 0.786. The normalized spacial score (nSPS) is 51.9. The van der Waals surface area contributed by atoms with E-state index in [0.717, 1.165) is 25.7 Å². The highest BCUT2D eigenvalue weighted by Gasteiger charge is 2.65. The summed E-state index contributed by atoms with van der Waals surface area (Å²) in [5.41, 5.74) is 1.15. The molecule has 17 heavy (non-hydrogen) atoms. The lowest BCUT2D eigenvalue weighted by Gasteiger charge is -2.57. The molecule has 0 aliphatic heterocycles. The minimum absolute atomic E-state index is 0.192. The molecule has 0 aromatic carbocycles. The summed E-state index contributed by atoms with van der Waals surface area (Å²) in [6.45, 7) is 2.31. The number of methoxy groups -OCH3 is 1. The van der Waals surface area contributed by atoms with Crippen LogP contribution in [0.4, 0.5) is 0 Å². The smallest absolute Gasteiger partial charge is 0.164 e. The standard InChI is InChI=1S/C14H18ClNO/c1-10-3-4-11-7-14(17-2)6-5-12(10,11)8-13(14,15)9-16/h7,10H,3-6,8H2,1-2H3/t10?,12-,13?,14+/m1/s1. The van der Waals surface area contributed by atoms with Crippen LogP contribution in [0.25, 0.3) is 0 Å². The zero-order chi connectivity index (χ0) is 12.3. The number of hydrogen-bond donors (Lipinski definition) is 0. The third kappa shape index (κ3) is 1.15. The number of rotatable bonds is 1. The van der Waals surface area contributed by atoms with Gasteiger partial charge < -0.3 is 4.74 Å². The van der Waals surface area contributed by atoms with Crippen molar-refractivity contribution in [2.24, 2.45) is 11.3 Å². The van der Waals surface area contributed by atoms with Crippen molar-refractivity contribution in [3.63, 3.8) is 0 Å². The molecule has 3 heteroatoms. The molecule has 2 fully saturated rings. The lowest BCUT2D eigenvalue weighted by Crippen LogP contribution is -2.60. The first-order valence-electron chi connectivity index (χ1n) is 6.39. The van der Waals surface area contributed by atoms with Crippen molar-refractivity contribution in [2.45, 2.75) is 49.5 Å². The van der Waals surface area contributed by atoms with Crippen LogP contribution in [0, 0.1) is 22.7 Å². The van der Waals surface area contributed by atoms with Crippen molar-refractivity contribution in [1.82, 2.24) is 0 Å². The Morgan fingerprint density at radius 2 is 2.29 bits per heavy atom. The number of allylic oxidation sites excluding steroid dienone is 1. The van der Waals surface area contributed by atoms with Gasteiger partial charge >= 0.3 is 0 Å². The van der Waals surface area contributed by atoms with E-state index in [2.05, 4.69) is 19.1 Å². The summed E-state index contributed by atoms with van der Waals surface area (Å²) >= 11 is 6.61. The first-order chi connectivity index (χ1) is 8.02. The molecule has 0 saturated heterocycles. The summed E-state index contributed by atoms with van der Waals surface area (Å²) in [5, 5.41) is 9.48. The molecule has 0 radical (unpaired) electrons. The minimum atomic E-state index is -0.873. The van der Waals surface area contributed by atoms with Crippen molar-refractivity contribution >= 4 is 11.6 Å². The number of halogens is 1. The van der Waals surface area contributed by atoms with E-state index in [-0.39, 0.29) is 5.41 Å². The summed E-state index contributed by atoms with van der Waals surface area (Å²) in [6, 6.07) is 2.33. The fourth-order valence-electron chi connectivity index (χ4n) is 4.33. The molecule has 0 amide bonds. The van der Waals surface area contributed by atoms with Crippen LogP contribution in [0.15, 0.2) is 11.6 Å². The van der Waals surface area contributed by atoms with E-state index in [4.69, 9.17) is 16.3 Å². The van der Waals surface area contributed by atoms with E-state index >= 15 is 0 Å². The van der Waals surface area contributed by atoms with Crippen LogP contribution in [0.5, 0.6) is 0 Å². The number of alkyl halides is 1. The van der Waals surface area contributed by atoms with Crippen molar-refractivity contribution in [3.8, 4) is 6.07 Å². The van der Waals surface area contributed by atoms with Gasteiger partial charge in [-0.1, -0.05) is 30.2 Å². The molecular formula is C14H18ClNO. The Morgan fingerprint density at radius 3 is 2.94 bits per heavy atom. The third-order valence-electron chi connectivity index (χ3n) is 5.55. The first kappa shape index (κ1) is 11.6. The van der Waals surface area contributed by atoms with Gasteiger partial charge in [0.15, 0.2) is 4.87 Å². The second-order valence-electron chi connectivity index (χ2n) is 5.95. The molecule has 4 rings (SSSR count). The van der Waals surface area contributed by atoms with E-state index in [1.165, 1.54) is 12.0 Å². The van der Waals surface area contributed by atoms with Crippen molar-refractivity contribution in [3.05, 3.63) is 11.6 Å². The topological polar surface area (TPSA) is 33.0 Å². The number of nitrogens with zero attached hydrogens (tertiary/aromatic N) is 1. The Kier molecular flexibility index (Phi) is 2.23. The van der Waals surface area contributed by atoms with Crippen LogP contribution >= 0.6 is 11.6 Å². The zero-order valence-electron chi connectivity index (χ0n) is 10.4. The van der Waals surface area contributed by atoms with Gasteiger partial charge in [-0.3, -0.25) is 0 Å². The second-order valence-corrected chi connectivity index (χ2v) is 6.59. The Labute approximate surface area is 108 Å². The highest BCUT2D eigenvalue weighted by molar-refractivity contribution is 6.27. The predicted octanol–water partition coefficient (Wildman–Crippen LogP) is 3.41. The van der Waals surface area contributed by atoms with Gasteiger partial charge in [-0.15, -0.1) is 0 Å². The summed E-state index contributed by atoms with van der Waals surface area (Å²) in [7, 11) is 1.68. The Morgan fingerprint density at radius 1 is 1.53 bits per heavy atom. The molecular weight excluding hydrogens is 234 g/mol. The van der Waals surface area contributed by atoms with Crippen LogP contribution in [0.1, 0.15) is 39.0 Å². The van der Waals surface area contributed by atoms with Gasteiger partial charge in [0.2, 0.25) is 0 Å². The van der Waals surface area contributed by atoms with E-state index in [0.29, 0.717) is 5.92 Å². The monoisotopic (exact) mass is 251 g/mol. The van der Waals surface area contributed by atoms with Crippen molar-refractivity contribution in [2.75, 3.05) is 7.11 Å². The fourth-order valence-corrected chi connectivity index (χ4v) is 4.79. The maximum absolute atomic E-state index is 9.48. The van der Waals surface area contributed by atoms with Crippen molar-refractivity contribution < 1.29 is 4.74 Å². The van der Waals surface area contributed by atoms with E-state index < -0.39 is 10.5 Å². The molecule has 4 aliphatic rings. The molecule has 2 unspecified atom stereocenters. The van der Waals surface area contributed by atoms with Crippen molar-refractivity contribution in [1.29, 1.82) is 5.26 Å². The van der Waals surface area contributed by atoms with Gasteiger partial charge in [0.05, 0.1) is 6.07 Å². The van der Waals surface area contributed by atoms with Gasteiger partial charge in [0.1, 0.15) is 5.60 Å². The second kappa shape index (κ2) is 3.28. The van der Waals surface area contributed by atoms with Crippen LogP contribution in [0.2, 0.25) is 0 Å². The molecule has 0 N–H and O–H groups in total. The number of fused-ring (bicyclic) bond motifs is 2. The van der Waals surface area contributed by atoms with E-state index in [9.17, 15) is 5.26 Å². The van der Waals surface area contributed by atoms with Crippen LogP contribution in [0.3, 0.4) is 0 Å². The molecule has 4 aliphatic carbocycles.